The molecule has 4 rings (SSSR count). The fourth-order valence-electron chi connectivity index (χ4n) is 4.97. The van der Waals surface area contributed by atoms with Crippen LogP contribution < -0.4 is 4.90 Å². The summed E-state index contributed by atoms with van der Waals surface area (Å²) in [6.07, 6.45) is 10.4. The maximum absolute atomic E-state index is 4.68. The van der Waals surface area contributed by atoms with Crippen LogP contribution in [-0.2, 0) is 6.42 Å². The maximum Gasteiger partial charge on any atom is 0.128 e. The molecule has 0 spiro atoms. The highest BCUT2D eigenvalue weighted by atomic mass is 15.3. The second-order valence-electron chi connectivity index (χ2n) is 7.50. The van der Waals surface area contributed by atoms with E-state index in [4.69, 9.17) is 0 Å². The zero-order valence-corrected chi connectivity index (χ0v) is 13.9. The van der Waals surface area contributed by atoms with Gasteiger partial charge in [0.1, 0.15) is 5.82 Å². The second kappa shape index (κ2) is 6.19. The standard InChI is InChI=1S/C19H29N3/c1-2-15-5-7-19(20-14-15)22-9-3-8-21(10-11-22)18-13-16-4-6-17(18)12-16/h5,7,14,16-18H,2-4,6,8-13H2,1H3. The van der Waals surface area contributed by atoms with Gasteiger partial charge in [0, 0.05) is 38.4 Å². The third-order valence-corrected chi connectivity index (χ3v) is 6.24. The number of rotatable bonds is 3. The number of anilines is 1. The molecule has 1 saturated heterocycles. The average Bonchev–Trinajstić information content (AvgIpc) is 3.11. The first-order valence-electron chi connectivity index (χ1n) is 9.27. The predicted octanol–water partition coefficient (Wildman–Crippen LogP) is 3.34. The number of nitrogens with zero attached hydrogens (tertiary/aromatic N) is 3. The Balaban J connectivity index is 1.39. The van der Waals surface area contributed by atoms with Crippen molar-refractivity contribution in [3.8, 4) is 0 Å². The third-order valence-electron chi connectivity index (χ3n) is 6.24. The number of pyridine rings is 1. The Bertz CT molecular complexity index is 498. The van der Waals surface area contributed by atoms with E-state index in [0.29, 0.717) is 0 Å². The quantitative estimate of drug-likeness (QED) is 0.853. The van der Waals surface area contributed by atoms with Gasteiger partial charge in [0.2, 0.25) is 0 Å². The van der Waals surface area contributed by atoms with Crippen molar-refractivity contribution in [1.82, 2.24) is 9.88 Å². The number of hydrogen-bond acceptors (Lipinski definition) is 3. The molecule has 0 amide bonds. The van der Waals surface area contributed by atoms with Crippen LogP contribution in [0.15, 0.2) is 18.3 Å². The third kappa shape index (κ3) is 2.76. The average molecular weight is 299 g/mol. The Morgan fingerprint density at radius 2 is 2.05 bits per heavy atom. The Kier molecular flexibility index (Phi) is 4.08. The summed E-state index contributed by atoms with van der Waals surface area (Å²) in [4.78, 5) is 9.99. The lowest BCUT2D eigenvalue weighted by Crippen LogP contribution is -2.41. The lowest BCUT2D eigenvalue weighted by Gasteiger charge is -2.33. The van der Waals surface area contributed by atoms with Crippen molar-refractivity contribution in [1.29, 1.82) is 0 Å². The molecular weight excluding hydrogens is 270 g/mol. The molecule has 3 aliphatic rings. The molecule has 3 unspecified atom stereocenters. The zero-order chi connectivity index (χ0) is 14.9. The molecule has 1 aromatic heterocycles. The molecule has 1 aliphatic heterocycles. The van der Waals surface area contributed by atoms with E-state index in [-0.39, 0.29) is 0 Å². The number of hydrogen-bond donors (Lipinski definition) is 0. The van der Waals surface area contributed by atoms with Gasteiger partial charge >= 0.3 is 0 Å². The van der Waals surface area contributed by atoms with Crippen molar-refractivity contribution < 1.29 is 0 Å². The molecule has 3 nitrogen and oxygen atoms in total. The van der Waals surface area contributed by atoms with Crippen molar-refractivity contribution in [3.63, 3.8) is 0 Å². The lowest BCUT2D eigenvalue weighted by molar-refractivity contribution is 0.152. The van der Waals surface area contributed by atoms with E-state index in [0.717, 1.165) is 37.4 Å². The van der Waals surface area contributed by atoms with E-state index in [1.165, 1.54) is 56.6 Å². The highest BCUT2D eigenvalue weighted by Gasteiger charge is 2.42. The Morgan fingerprint density at radius 1 is 1.09 bits per heavy atom. The molecule has 1 aromatic rings. The summed E-state index contributed by atoms with van der Waals surface area (Å²) in [5.41, 5.74) is 1.34. The van der Waals surface area contributed by atoms with Crippen LogP contribution in [0.3, 0.4) is 0 Å². The molecule has 2 bridgehead atoms. The first kappa shape index (κ1) is 14.5. The molecule has 3 fully saturated rings. The van der Waals surface area contributed by atoms with Crippen LogP contribution in [0.2, 0.25) is 0 Å². The topological polar surface area (TPSA) is 19.4 Å². The molecule has 3 atom stereocenters. The summed E-state index contributed by atoms with van der Waals surface area (Å²) >= 11 is 0. The van der Waals surface area contributed by atoms with Crippen molar-refractivity contribution in [2.75, 3.05) is 31.1 Å². The summed E-state index contributed by atoms with van der Waals surface area (Å²) in [7, 11) is 0. The van der Waals surface area contributed by atoms with Gasteiger partial charge in [-0.05, 0) is 55.6 Å². The van der Waals surface area contributed by atoms with Crippen LogP contribution in [-0.4, -0.2) is 42.1 Å². The van der Waals surface area contributed by atoms with Gasteiger partial charge in [-0.25, -0.2) is 4.98 Å². The van der Waals surface area contributed by atoms with E-state index in [9.17, 15) is 0 Å². The van der Waals surface area contributed by atoms with Crippen molar-refractivity contribution in [3.05, 3.63) is 23.9 Å². The molecule has 0 aromatic carbocycles. The van der Waals surface area contributed by atoms with Crippen LogP contribution in [0.4, 0.5) is 5.82 Å². The smallest absolute Gasteiger partial charge is 0.128 e. The maximum atomic E-state index is 4.68. The summed E-state index contributed by atoms with van der Waals surface area (Å²) in [6.45, 7) is 7.01. The Morgan fingerprint density at radius 3 is 2.73 bits per heavy atom. The molecule has 0 N–H and O–H groups in total. The monoisotopic (exact) mass is 299 g/mol. The lowest BCUT2D eigenvalue weighted by atomic mass is 9.94. The van der Waals surface area contributed by atoms with Crippen LogP contribution in [0.25, 0.3) is 0 Å². The van der Waals surface area contributed by atoms with E-state index in [1.807, 2.05) is 6.20 Å². The van der Waals surface area contributed by atoms with Gasteiger partial charge in [-0.2, -0.15) is 0 Å². The van der Waals surface area contributed by atoms with Gasteiger partial charge in [0.05, 0.1) is 0 Å². The first-order chi connectivity index (χ1) is 10.8. The molecule has 120 valence electrons. The van der Waals surface area contributed by atoms with Crippen molar-refractivity contribution >= 4 is 5.82 Å². The van der Waals surface area contributed by atoms with Gasteiger partial charge in [0.15, 0.2) is 0 Å². The van der Waals surface area contributed by atoms with Gasteiger partial charge < -0.3 is 4.90 Å². The van der Waals surface area contributed by atoms with E-state index >= 15 is 0 Å². The van der Waals surface area contributed by atoms with E-state index < -0.39 is 0 Å². The fraction of sp³-hybridized carbons (Fsp3) is 0.737. The van der Waals surface area contributed by atoms with Crippen molar-refractivity contribution in [2.24, 2.45) is 11.8 Å². The van der Waals surface area contributed by atoms with Crippen LogP contribution in [0, 0.1) is 11.8 Å². The van der Waals surface area contributed by atoms with Gasteiger partial charge in [0.25, 0.3) is 0 Å². The minimum atomic E-state index is 0.897. The number of aryl methyl sites for hydroxylation is 1. The van der Waals surface area contributed by atoms with Gasteiger partial charge in [-0.15, -0.1) is 0 Å². The molecule has 0 radical (unpaired) electrons. The largest absolute Gasteiger partial charge is 0.355 e. The molecule has 2 aliphatic carbocycles. The summed E-state index contributed by atoms with van der Waals surface area (Å²) in [5.74, 6) is 3.24. The first-order valence-corrected chi connectivity index (χ1v) is 9.27. The Hall–Kier alpha value is -1.09. The van der Waals surface area contributed by atoms with Crippen molar-refractivity contribution in [2.45, 2.75) is 51.5 Å². The van der Waals surface area contributed by atoms with Crippen LogP contribution in [0.1, 0.15) is 44.6 Å². The molecule has 3 heteroatoms. The molecular formula is C19H29N3. The highest BCUT2D eigenvalue weighted by Crippen LogP contribution is 2.46. The second-order valence-corrected chi connectivity index (χ2v) is 7.50. The minimum absolute atomic E-state index is 0.897. The normalized spacial score (nSPS) is 32.4. The van der Waals surface area contributed by atoms with Gasteiger partial charge in [-0.3, -0.25) is 4.90 Å². The van der Waals surface area contributed by atoms with E-state index in [1.54, 1.807) is 0 Å². The summed E-state index contributed by atoms with van der Waals surface area (Å²) in [5, 5.41) is 0. The molecule has 22 heavy (non-hydrogen) atoms. The SMILES string of the molecule is CCc1ccc(N2CCCN(C3CC4CCC3C4)CC2)nc1. The number of fused-ring (bicyclic) bond motifs is 2. The highest BCUT2D eigenvalue weighted by molar-refractivity contribution is 5.39. The Labute approximate surface area is 134 Å². The van der Waals surface area contributed by atoms with Crippen LogP contribution in [0.5, 0.6) is 0 Å². The minimum Gasteiger partial charge on any atom is -0.355 e. The number of aromatic nitrogens is 1. The van der Waals surface area contributed by atoms with Crippen LogP contribution >= 0.6 is 0 Å². The predicted molar refractivity (Wildman–Crippen MR) is 91.3 cm³/mol. The van der Waals surface area contributed by atoms with Gasteiger partial charge in [-0.1, -0.05) is 19.4 Å². The zero-order valence-electron chi connectivity index (χ0n) is 13.9. The summed E-state index contributed by atoms with van der Waals surface area (Å²) < 4.78 is 0. The molecule has 2 heterocycles. The fourth-order valence-corrected chi connectivity index (χ4v) is 4.97. The summed E-state index contributed by atoms with van der Waals surface area (Å²) in [6, 6.07) is 5.35. The van der Waals surface area contributed by atoms with E-state index in [2.05, 4.69) is 33.8 Å². The molecule has 2 saturated carbocycles.